The minimum atomic E-state index is 0.200. The van der Waals surface area contributed by atoms with Crippen molar-refractivity contribution in [3.63, 3.8) is 0 Å². The second-order valence-electron chi connectivity index (χ2n) is 5.53. The van der Waals surface area contributed by atoms with Gasteiger partial charge in [-0.15, -0.1) is 0 Å². The number of likely N-dealkylation sites (tertiary alicyclic amines) is 1. The molecule has 2 aliphatic rings. The van der Waals surface area contributed by atoms with E-state index < -0.39 is 0 Å². The van der Waals surface area contributed by atoms with Crippen LogP contribution in [-0.4, -0.2) is 30.6 Å². The molecule has 0 bridgehead atoms. The van der Waals surface area contributed by atoms with E-state index in [1.165, 1.54) is 5.56 Å². The van der Waals surface area contributed by atoms with Gasteiger partial charge in [-0.25, -0.2) is 4.79 Å². The summed E-state index contributed by atoms with van der Waals surface area (Å²) < 4.78 is 0. The number of rotatable bonds is 0. The predicted octanol–water partition coefficient (Wildman–Crippen LogP) is 2.90. The fourth-order valence-corrected chi connectivity index (χ4v) is 3.06. The third-order valence-electron chi connectivity index (χ3n) is 3.95. The van der Waals surface area contributed by atoms with Gasteiger partial charge in [-0.05, 0) is 36.8 Å². The smallest absolute Gasteiger partial charge is 0.324 e. The minimum Gasteiger partial charge on any atom is -0.324 e. The first-order valence-corrected chi connectivity index (χ1v) is 6.90. The fourth-order valence-electron chi connectivity index (χ4n) is 3.06. The van der Waals surface area contributed by atoms with Gasteiger partial charge in [0.25, 0.3) is 0 Å². The van der Waals surface area contributed by atoms with Crippen molar-refractivity contribution in [3.05, 3.63) is 29.8 Å². The predicted molar refractivity (Wildman–Crippen MR) is 72.9 cm³/mol. The van der Waals surface area contributed by atoms with Crippen molar-refractivity contribution in [2.75, 3.05) is 24.5 Å². The van der Waals surface area contributed by atoms with Crippen LogP contribution in [0, 0.1) is 5.92 Å². The molecule has 1 atom stereocenters. The minimum absolute atomic E-state index is 0.200. The van der Waals surface area contributed by atoms with Crippen LogP contribution in [0.15, 0.2) is 24.3 Å². The van der Waals surface area contributed by atoms with E-state index in [0.717, 1.165) is 44.6 Å². The highest BCUT2D eigenvalue weighted by atomic mass is 16.2. The number of carbonyl (C=O) groups excluding carboxylic acids is 1. The summed E-state index contributed by atoms with van der Waals surface area (Å²) in [6, 6.07) is 8.52. The van der Waals surface area contributed by atoms with Crippen LogP contribution in [0.1, 0.15) is 25.3 Å². The highest BCUT2D eigenvalue weighted by Gasteiger charge is 2.30. The molecule has 2 amide bonds. The molecule has 0 radical (unpaired) electrons. The first-order chi connectivity index (χ1) is 8.75. The molecule has 1 aromatic carbocycles. The Labute approximate surface area is 108 Å². The van der Waals surface area contributed by atoms with E-state index in [0.29, 0.717) is 5.92 Å². The largest absolute Gasteiger partial charge is 0.324 e. The van der Waals surface area contributed by atoms with Crippen LogP contribution in [0.2, 0.25) is 0 Å². The third kappa shape index (κ3) is 1.98. The van der Waals surface area contributed by atoms with Crippen molar-refractivity contribution in [2.45, 2.75) is 26.2 Å². The molecule has 0 N–H and O–H groups in total. The Balaban J connectivity index is 1.89. The number of hydrogen-bond donors (Lipinski definition) is 0. The zero-order valence-electron chi connectivity index (χ0n) is 10.9. The van der Waals surface area contributed by atoms with Crippen LogP contribution in [0.25, 0.3) is 0 Å². The van der Waals surface area contributed by atoms with E-state index in [1.807, 2.05) is 15.9 Å². The molecular weight excluding hydrogens is 224 g/mol. The van der Waals surface area contributed by atoms with E-state index >= 15 is 0 Å². The number of amides is 2. The van der Waals surface area contributed by atoms with Crippen molar-refractivity contribution >= 4 is 11.7 Å². The molecule has 1 fully saturated rings. The van der Waals surface area contributed by atoms with Crippen molar-refractivity contribution in [1.82, 2.24) is 4.90 Å². The lowest BCUT2D eigenvalue weighted by molar-refractivity contribution is 0.213. The lowest BCUT2D eigenvalue weighted by Crippen LogP contribution is -2.46. The Bertz CT molecular complexity index is 452. The van der Waals surface area contributed by atoms with Crippen LogP contribution < -0.4 is 4.90 Å². The summed E-state index contributed by atoms with van der Waals surface area (Å²) in [5.41, 5.74) is 2.43. The number of anilines is 1. The first-order valence-electron chi connectivity index (χ1n) is 6.90. The maximum absolute atomic E-state index is 12.6. The Morgan fingerprint density at radius 2 is 1.94 bits per heavy atom. The van der Waals surface area contributed by atoms with Gasteiger partial charge in [-0.2, -0.15) is 0 Å². The molecule has 3 heteroatoms. The number of fused-ring (bicyclic) bond motifs is 1. The number of urea groups is 1. The second-order valence-corrected chi connectivity index (χ2v) is 5.53. The maximum Gasteiger partial charge on any atom is 0.324 e. The molecular formula is C15H20N2O. The second kappa shape index (κ2) is 4.63. The van der Waals surface area contributed by atoms with Crippen LogP contribution >= 0.6 is 0 Å². The average molecular weight is 244 g/mol. The summed E-state index contributed by atoms with van der Waals surface area (Å²) in [5, 5.41) is 0. The van der Waals surface area contributed by atoms with Gasteiger partial charge >= 0.3 is 6.03 Å². The molecule has 0 aromatic heterocycles. The highest BCUT2D eigenvalue weighted by Crippen LogP contribution is 2.30. The van der Waals surface area contributed by atoms with Gasteiger partial charge < -0.3 is 4.90 Å². The third-order valence-corrected chi connectivity index (χ3v) is 3.95. The van der Waals surface area contributed by atoms with Gasteiger partial charge in [0.2, 0.25) is 0 Å². The van der Waals surface area contributed by atoms with Crippen LogP contribution in [0.5, 0.6) is 0 Å². The Morgan fingerprint density at radius 1 is 1.22 bits per heavy atom. The molecule has 3 rings (SSSR count). The number of carbonyl (C=O) groups is 1. The number of hydrogen-bond acceptors (Lipinski definition) is 1. The van der Waals surface area contributed by atoms with Crippen molar-refractivity contribution in [3.8, 4) is 0 Å². The zero-order chi connectivity index (χ0) is 12.5. The summed E-state index contributed by atoms with van der Waals surface area (Å²) in [4.78, 5) is 16.5. The summed E-state index contributed by atoms with van der Waals surface area (Å²) in [7, 11) is 0. The van der Waals surface area contributed by atoms with Crippen LogP contribution in [-0.2, 0) is 6.42 Å². The quantitative estimate of drug-likeness (QED) is 0.688. The molecule has 96 valence electrons. The molecule has 2 heterocycles. The molecule has 2 aliphatic heterocycles. The topological polar surface area (TPSA) is 23.6 Å². The fraction of sp³-hybridized carbons (Fsp3) is 0.533. The van der Waals surface area contributed by atoms with Gasteiger partial charge in [0, 0.05) is 25.3 Å². The van der Waals surface area contributed by atoms with E-state index in [1.54, 1.807) is 0 Å². The van der Waals surface area contributed by atoms with E-state index in [2.05, 4.69) is 25.1 Å². The Kier molecular flexibility index (Phi) is 2.98. The summed E-state index contributed by atoms with van der Waals surface area (Å²) in [6.45, 7) is 4.92. The van der Waals surface area contributed by atoms with Crippen molar-refractivity contribution < 1.29 is 4.79 Å². The van der Waals surface area contributed by atoms with Gasteiger partial charge in [0.15, 0.2) is 0 Å². The van der Waals surface area contributed by atoms with Crippen LogP contribution in [0.4, 0.5) is 10.5 Å². The monoisotopic (exact) mass is 244 g/mol. The highest BCUT2D eigenvalue weighted by molar-refractivity contribution is 5.93. The first kappa shape index (κ1) is 11.6. The van der Waals surface area contributed by atoms with E-state index in [4.69, 9.17) is 0 Å². The molecule has 0 aliphatic carbocycles. The van der Waals surface area contributed by atoms with Crippen LogP contribution in [0.3, 0.4) is 0 Å². The molecule has 18 heavy (non-hydrogen) atoms. The lowest BCUT2D eigenvalue weighted by atomic mass is 9.94. The van der Waals surface area contributed by atoms with Gasteiger partial charge in [-0.1, -0.05) is 25.1 Å². The Morgan fingerprint density at radius 3 is 2.72 bits per heavy atom. The standard InChI is InChI=1S/C15H20N2O/c1-12-10-13-6-2-3-7-14(13)17(11-12)15(18)16-8-4-5-9-16/h2-3,6-7,12H,4-5,8-11H2,1H3. The summed E-state index contributed by atoms with van der Waals surface area (Å²) in [5.74, 6) is 0.548. The lowest BCUT2D eigenvalue weighted by Gasteiger charge is -2.35. The number of para-hydroxylation sites is 1. The summed E-state index contributed by atoms with van der Waals surface area (Å²) in [6.07, 6.45) is 3.38. The SMILES string of the molecule is CC1Cc2ccccc2N(C(=O)N2CCCC2)C1. The normalized spacial score (nSPS) is 23.1. The van der Waals surface area contributed by atoms with E-state index in [9.17, 15) is 4.79 Å². The zero-order valence-corrected chi connectivity index (χ0v) is 10.9. The number of benzene rings is 1. The van der Waals surface area contributed by atoms with E-state index in [-0.39, 0.29) is 6.03 Å². The van der Waals surface area contributed by atoms with Crippen molar-refractivity contribution in [2.24, 2.45) is 5.92 Å². The molecule has 3 nitrogen and oxygen atoms in total. The Hall–Kier alpha value is -1.51. The molecule has 1 saturated heterocycles. The molecule has 1 aromatic rings. The van der Waals surface area contributed by atoms with Gasteiger partial charge in [0.05, 0.1) is 0 Å². The summed E-state index contributed by atoms with van der Waals surface area (Å²) >= 11 is 0. The molecule has 0 saturated carbocycles. The molecule has 0 spiro atoms. The van der Waals surface area contributed by atoms with Gasteiger partial charge in [0.1, 0.15) is 0 Å². The van der Waals surface area contributed by atoms with Gasteiger partial charge in [-0.3, -0.25) is 4.90 Å². The molecule has 1 unspecified atom stereocenters. The maximum atomic E-state index is 12.6. The number of nitrogens with zero attached hydrogens (tertiary/aromatic N) is 2. The average Bonchev–Trinajstić information content (AvgIpc) is 2.90. The van der Waals surface area contributed by atoms with Crippen molar-refractivity contribution in [1.29, 1.82) is 0 Å².